The molecular weight excluding hydrogens is 108 g/mol. The molecule has 3 unspecified atom stereocenters. The summed E-state index contributed by atoms with van der Waals surface area (Å²) in [7, 11) is 0. The van der Waals surface area contributed by atoms with Crippen LogP contribution in [-0.4, -0.2) is 0 Å². The van der Waals surface area contributed by atoms with Crippen molar-refractivity contribution in [3.8, 4) is 0 Å². The van der Waals surface area contributed by atoms with Gasteiger partial charge < -0.3 is 0 Å². The summed E-state index contributed by atoms with van der Waals surface area (Å²) in [6, 6.07) is 0. The van der Waals surface area contributed by atoms with Crippen molar-refractivity contribution in [1.82, 2.24) is 0 Å². The molecule has 0 saturated heterocycles. The van der Waals surface area contributed by atoms with Crippen LogP contribution in [0.3, 0.4) is 0 Å². The topological polar surface area (TPSA) is 0 Å². The van der Waals surface area contributed by atoms with Gasteiger partial charge in [0.25, 0.3) is 0 Å². The highest BCUT2D eigenvalue weighted by Crippen LogP contribution is 2.54. The Balaban J connectivity index is 2.06. The molecule has 0 nitrogen and oxygen atoms in total. The van der Waals surface area contributed by atoms with Gasteiger partial charge in [-0.05, 0) is 36.5 Å². The minimum Gasteiger partial charge on any atom is -0.0620 e. The summed E-state index contributed by atoms with van der Waals surface area (Å²) in [5.74, 6) is 4.38. The second kappa shape index (κ2) is 1.74. The van der Waals surface area contributed by atoms with Gasteiger partial charge in [0.05, 0.1) is 0 Å². The van der Waals surface area contributed by atoms with E-state index in [9.17, 15) is 0 Å². The molecular formula is C9H16. The average Bonchev–Trinajstić information content (AvgIpc) is 2.30. The zero-order valence-electron chi connectivity index (χ0n) is 6.43. The van der Waals surface area contributed by atoms with Gasteiger partial charge in [0.2, 0.25) is 0 Å². The molecule has 0 aromatic heterocycles. The molecule has 2 fully saturated rings. The van der Waals surface area contributed by atoms with Crippen molar-refractivity contribution >= 4 is 0 Å². The minimum absolute atomic E-state index is 1.05. The molecule has 2 aliphatic carbocycles. The van der Waals surface area contributed by atoms with Gasteiger partial charge in [-0.1, -0.05) is 20.3 Å². The predicted molar refractivity (Wildman–Crippen MR) is 39.2 cm³/mol. The third kappa shape index (κ3) is 0.595. The van der Waals surface area contributed by atoms with E-state index in [0.29, 0.717) is 0 Å². The van der Waals surface area contributed by atoms with Gasteiger partial charge in [-0.2, -0.15) is 0 Å². The SMILES string of the molecule is CC1C2CCCC2[C@@H]1C. The Hall–Kier alpha value is 0. The molecule has 0 aromatic carbocycles. The van der Waals surface area contributed by atoms with E-state index in [-0.39, 0.29) is 0 Å². The van der Waals surface area contributed by atoms with E-state index in [4.69, 9.17) is 0 Å². The Kier molecular flexibility index (Phi) is 1.12. The first-order valence-corrected chi connectivity index (χ1v) is 4.30. The van der Waals surface area contributed by atoms with Gasteiger partial charge in [-0.3, -0.25) is 0 Å². The molecule has 0 amide bonds. The summed E-state index contributed by atoms with van der Waals surface area (Å²) < 4.78 is 0. The summed E-state index contributed by atoms with van der Waals surface area (Å²) in [4.78, 5) is 0. The van der Waals surface area contributed by atoms with Crippen molar-refractivity contribution < 1.29 is 0 Å². The normalized spacial score (nSPS) is 56.7. The van der Waals surface area contributed by atoms with Crippen LogP contribution in [0.1, 0.15) is 33.1 Å². The Morgan fingerprint density at radius 2 is 1.33 bits per heavy atom. The van der Waals surface area contributed by atoms with E-state index in [1.807, 2.05) is 0 Å². The van der Waals surface area contributed by atoms with Gasteiger partial charge in [-0.25, -0.2) is 0 Å². The highest BCUT2D eigenvalue weighted by Gasteiger charge is 2.46. The van der Waals surface area contributed by atoms with Crippen LogP contribution in [0.15, 0.2) is 0 Å². The van der Waals surface area contributed by atoms with Crippen molar-refractivity contribution in [3.63, 3.8) is 0 Å². The molecule has 9 heavy (non-hydrogen) atoms. The van der Waals surface area contributed by atoms with Crippen LogP contribution in [0.2, 0.25) is 0 Å². The van der Waals surface area contributed by atoms with Crippen LogP contribution < -0.4 is 0 Å². The van der Waals surface area contributed by atoms with Crippen LogP contribution in [0.25, 0.3) is 0 Å². The molecule has 2 rings (SSSR count). The fraction of sp³-hybridized carbons (Fsp3) is 1.00. The minimum atomic E-state index is 1.05. The van der Waals surface area contributed by atoms with Crippen molar-refractivity contribution in [2.45, 2.75) is 33.1 Å². The molecule has 52 valence electrons. The van der Waals surface area contributed by atoms with E-state index < -0.39 is 0 Å². The second-order valence-electron chi connectivity index (χ2n) is 3.98. The first kappa shape index (κ1) is 5.76. The molecule has 0 radical (unpaired) electrons. The largest absolute Gasteiger partial charge is 0.0620 e. The maximum absolute atomic E-state index is 2.43. The quantitative estimate of drug-likeness (QED) is 0.465. The van der Waals surface area contributed by atoms with Crippen LogP contribution in [0.4, 0.5) is 0 Å². The summed E-state index contributed by atoms with van der Waals surface area (Å²) in [5.41, 5.74) is 0. The fourth-order valence-electron chi connectivity index (χ4n) is 2.96. The van der Waals surface area contributed by atoms with Crippen LogP contribution in [-0.2, 0) is 0 Å². The number of fused-ring (bicyclic) bond motifs is 1. The molecule has 0 heteroatoms. The van der Waals surface area contributed by atoms with Crippen LogP contribution in [0, 0.1) is 23.7 Å². The lowest BCUT2D eigenvalue weighted by Gasteiger charge is -2.45. The standard InChI is InChI=1S/C9H16/c1-6-7(2)9-5-3-4-8(6)9/h6-9H,3-5H2,1-2H3/t6-,7?,8?,9?/m1/s1. The maximum atomic E-state index is 2.43. The molecule has 0 N–H and O–H groups in total. The van der Waals surface area contributed by atoms with Crippen LogP contribution >= 0.6 is 0 Å². The molecule has 0 aromatic rings. The van der Waals surface area contributed by atoms with E-state index in [1.165, 1.54) is 19.3 Å². The predicted octanol–water partition coefficient (Wildman–Crippen LogP) is 2.69. The summed E-state index contributed by atoms with van der Waals surface area (Å²) >= 11 is 0. The smallest absolute Gasteiger partial charge is 0.0355 e. The molecule has 0 aliphatic heterocycles. The van der Waals surface area contributed by atoms with Crippen molar-refractivity contribution in [3.05, 3.63) is 0 Å². The first-order valence-electron chi connectivity index (χ1n) is 4.30. The van der Waals surface area contributed by atoms with Gasteiger partial charge in [0, 0.05) is 0 Å². The Labute approximate surface area is 57.6 Å². The number of hydrogen-bond donors (Lipinski definition) is 0. The molecule has 2 saturated carbocycles. The third-order valence-corrected chi connectivity index (χ3v) is 3.80. The van der Waals surface area contributed by atoms with E-state index in [2.05, 4.69) is 13.8 Å². The molecule has 4 atom stereocenters. The Morgan fingerprint density at radius 1 is 0.889 bits per heavy atom. The van der Waals surface area contributed by atoms with Crippen LogP contribution in [0.5, 0.6) is 0 Å². The van der Waals surface area contributed by atoms with E-state index in [0.717, 1.165) is 23.7 Å². The molecule has 0 bridgehead atoms. The lowest BCUT2D eigenvalue weighted by atomic mass is 9.60. The summed E-state index contributed by atoms with van der Waals surface area (Å²) in [5, 5.41) is 0. The third-order valence-electron chi connectivity index (χ3n) is 3.80. The zero-order chi connectivity index (χ0) is 6.43. The van der Waals surface area contributed by atoms with Gasteiger partial charge in [-0.15, -0.1) is 0 Å². The fourth-order valence-corrected chi connectivity index (χ4v) is 2.96. The monoisotopic (exact) mass is 124 g/mol. The molecule has 0 heterocycles. The Bertz CT molecular complexity index is 103. The van der Waals surface area contributed by atoms with Crippen molar-refractivity contribution in [2.24, 2.45) is 23.7 Å². The lowest BCUT2D eigenvalue weighted by Crippen LogP contribution is -2.39. The van der Waals surface area contributed by atoms with E-state index >= 15 is 0 Å². The van der Waals surface area contributed by atoms with E-state index in [1.54, 1.807) is 0 Å². The van der Waals surface area contributed by atoms with Gasteiger partial charge >= 0.3 is 0 Å². The highest BCUT2D eigenvalue weighted by atomic mass is 14.5. The van der Waals surface area contributed by atoms with Gasteiger partial charge in [0.1, 0.15) is 0 Å². The average molecular weight is 124 g/mol. The summed E-state index contributed by atoms with van der Waals surface area (Å²) in [6.07, 6.45) is 4.59. The Morgan fingerprint density at radius 3 is 1.78 bits per heavy atom. The summed E-state index contributed by atoms with van der Waals surface area (Å²) in [6.45, 7) is 4.86. The number of rotatable bonds is 0. The second-order valence-corrected chi connectivity index (χ2v) is 3.98. The molecule has 2 aliphatic rings. The van der Waals surface area contributed by atoms with Crippen molar-refractivity contribution in [1.29, 1.82) is 0 Å². The zero-order valence-corrected chi connectivity index (χ0v) is 6.43. The molecule has 0 spiro atoms. The number of hydrogen-bond acceptors (Lipinski definition) is 0. The van der Waals surface area contributed by atoms with Gasteiger partial charge in [0.15, 0.2) is 0 Å². The first-order chi connectivity index (χ1) is 4.30. The lowest BCUT2D eigenvalue weighted by molar-refractivity contribution is 0.0302. The highest BCUT2D eigenvalue weighted by molar-refractivity contribution is 4.95. The van der Waals surface area contributed by atoms with Crippen molar-refractivity contribution in [2.75, 3.05) is 0 Å². The maximum Gasteiger partial charge on any atom is -0.0355 e.